The normalized spacial score (nSPS) is 18.4. The summed E-state index contributed by atoms with van der Waals surface area (Å²) in [7, 11) is 0. The molecule has 0 spiro atoms. The highest BCUT2D eigenvalue weighted by Crippen LogP contribution is 2.16. The molecular formula is C7H13ClN4S. The van der Waals surface area contributed by atoms with E-state index in [9.17, 15) is 0 Å². The number of aromatic nitrogens is 2. The minimum atomic E-state index is 0. The third-order valence-electron chi connectivity index (χ3n) is 2.21. The highest BCUT2D eigenvalue weighted by Gasteiger charge is 2.17. The van der Waals surface area contributed by atoms with E-state index < -0.39 is 0 Å². The summed E-state index contributed by atoms with van der Waals surface area (Å²) in [6.07, 6.45) is 3.95. The molecule has 1 aliphatic heterocycles. The second-order valence-corrected chi connectivity index (χ2v) is 3.65. The minimum absolute atomic E-state index is 0. The first-order valence-electron chi connectivity index (χ1n) is 4.14. The van der Waals surface area contributed by atoms with Crippen molar-refractivity contribution in [3.8, 4) is 0 Å². The van der Waals surface area contributed by atoms with Crippen LogP contribution in [0, 0.1) is 0 Å². The van der Waals surface area contributed by atoms with Gasteiger partial charge >= 0.3 is 0 Å². The van der Waals surface area contributed by atoms with Crippen molar-refractivity contribution in [2.75, 3.05) is 18.0 Å². The average molecular weight is 221 g/mol. The lowest BCUT2D eigenvalue weighted by Gasteiger charge is -2.29. The Kier molecular flexibility index (Phi) is 3.90. The summed E-state index contributed by atoms with van der Waals surface area (Å²) < 4.78 is 8.15. The van der Waals surface area contributed by atoms with Crippen molar-refractivity contribution in [3.05, 3.63) is 6.20 Å². The molecule has 0 atom stereocenters. The van der Waals surface area contributed by atoms with Crippen LogP contribution in [0.2, 0.25) is 0 Å². The Bertz CT molecular complexity index is 233. The van der Waals surface area contributed by atoms with Crippen molar-refractivity contribution in [3.63, 3.8) is 0 Å². The van der Waals surface area contributed by atoms with E-state index in [4.69, 9.17) is 5.73 Å². The Morgan fingerprint density at radius 2 is 2.15 bits per heavy atom. The zero-order valence-electron chi connectivity index (χ0n) is 7.22. The molecule has 1 saturated heterocycles. The van der Waals surface area contributed by atoms with Crippen LogP contribution in [-0.2, 0) is 0 Å². The second kappa shape index (κ2) is 4.74. The number of rotatable bonds is 1. The van der Waals surface area contributed by atoms with Gasteiger partial charge in [0.05, 0.1) is 17.9 Å². The zero-order chi connectivity index (χ0) is 8.39. The fourth-order valence-electron chi connectivity index (χ4n) is 1.43. The van der Waals surface area contributed by atoms with E-state index in [0.29, 0.717) is 6.04 Å². The molecule has 2 heterocycles. The maximum absolute atomic E-state index is 5.79. The molecule has 1 fully saturated rings. The van der Waals surface area contributed by atoms with Crippen molar-refractivity contribution in [1.82, 2.24) is 8.75 Å². The highest BCUT2D eigenvalue weighted by atomic mass is 35.5. The predicted molar refractivity (Wildman–Crippen MR) is 56.6 cm³/mol. The fourth-order valence-corrected chi connectivity index (χ4v) is 1.86. The predicted octanol–water partition coefficient (Wildman–Crippen LogP) is 0.887. The molecular weight excluding hydrogens is 208 g/mol. The van der Waals surface area contributed by atoms with E-state index in [-0.39, 0.29) is 12.4 Å². The van der Waals surface area contributed by atoms with Crippen LogP contribution in [0.5, 0.6) is 0 Å². The quantitative estimate of drug-likeness (QED) is 0.764. The first-order chi connectivity index (χ1) is 5.86. The number of hydrogen-bond donors (Lipinski definition) is 1. The number of hydrogen-bond acceptors (Lipinski definition) is 5. The minimum Gasteiger partial charge on any atom is -0.354 e. The molecule has 0 aromatic carbocycles. The molecule has 0 unspecified atom stereocenters. The lowest BCUT2D eigenvalue weighted by molar-refractivity contribution is 0.499. The summed E-state index contributed by atoms with van der Waals surface area (Å²) in [5.74, 6) is 1.01. The zero-order valence-corrected chi connectivity index (χ0v) is 8.85. The third-order valence-corrected chi connectivity index (χ3v) is 2.68. The Balaban J connectivity index is 0.000000845. The average Bonchev–Trinajstić information content (AvgIpc) is 2.58. The molecule has 1 aromatic heterocycles. The summed E-state index contributed by atoms with van der Waals surface area (Å²) >= 11 is 1.26. The van der Waals surface area contributed by atoms with E-state index >= 15 is 0 Å². The number of piperidine rings is 1. The van der Waals surface area contributed by atoms with Crippen LogP contribution in [0.25, 0.3) is 0 Å². The number of anilines is 1. The number of nitrogens with two attached hydrogens (primary N) is 1. The highest BCUT2D eigenvalue weighted by molar-refractivity contribution is 6.99. The van der Waals surface area contributed by atoms with Gasteiger partial charge in [-0.05, 0) is 12.8 Å². The first kappa shape index (κ1) is 10.7. The molecule has 0 amide bonds. The van der Waals surface area contributed by atoms with Crippen molar-refractivity contribution in [1.29, 1.82) is 0 Å². The topological polar surface area (TPSA) is 55.0 Å². The van der Waals surface area contributed by atoms with Crippen LogP contribution in [0.4, 0.5) is 5.82 Å². The van der Waals surface area contributed by atoms with Gasteiger partial charge in [-0.15, -0.1) is 12.4 Å². The van der Waals surface area contributed by atoms with Crippen molar-refractivity contribution >= 4 is 30.0 Å². The third kappa shape index (κ3) is 2.52. The molecule has 74 valence electrons. The van der Waals surface area contributed by atoms with Crippen LogP contribution in [0.3, 0.4) is 0 Å². The molecule has 13 heavy (non-hydrogen) atoms. The van der Waals surface area contributed by atoms with E-state index in [1.165, 1.54) is 11.7 Å². The van der Waals surface area contributed by atoms with Crippen molar-refractivity contribution in [2.45, 2.75) is 18.9 Å². The summed E-state index contributed by atoms with van der Waals surface area (Å²) in [5, 5.41) is 0. The van der Waals surface area contributed by atoms with Crippen molar-refractivity contribution < 1.29 is 0 Å². The van der Waals surface area contributed by atoms with Gasteiger partial charge in [-0.3, -0.25) is 0 Å². The molecule has 6 heteroatoms. The number of nitrogens with zero attached hydrogens (tertiary/aromatic N) is 3. The molecule has 2 rings (SSSR count). The largest absolute Gasteiger partial charge is 0.354 e. The fraction of sp³-hybridized carbons (Fsp3) is 0.714. The van der Waals surface area contributed by atoms with Crippen LogP contribution in [0.15, 0.2) is 6.20 Å². The molecule has 0 radical (unpaired) electrons. The van der Waals surface area contributed by atoms with Crippen LogP contribution in [0.1, 0.15) is 12.8 Å². The van der Waals surface area contributed by atoms with Gasteiger partial charge in [-0.25, -0.2) is 0 Å². The van der Waals surface area contributed by atoms with Gasteiger partial charge in [0.25, 0.3) is 0 Å². The summed E-state index contributed by atoms with van der Waals surface area (Å²) in [4.78, 5) is 2.24. The van der Waals surface area contributed by atoms with Gasteiger partial charge in [0.15, 0.2) is 5.82 Å². The van der Waals surface area contributed by atoms with Crippen LogP contribution >= 0.6 is 24.1 Å². The maximum atomic E-state index is 5.79. The molecule has 0 aliphatic carbocycles. The van der Waals surface area contributed by atoms with E-state index in [2.05, 4.69) is 13.6 Å². The van der Waals surface area contributed by atoms with Gasteiger partial charge in [0.2, 0.25) is 0 Å². The first-order valence-corrected chi connectivity index (χ1v) is 4.87. The monoisotopic (exact) mass is 220 g/mol. The number of halogens is 1. The molecule has 0 bridgehead atoms. The Hall–Kier alpha value is -0.390. The van der Waals surface area contributed by atoms with Gasteiger partial charge in [-0.1, -0.05) is 0 Å². The molecule has 1 aromatic rings. The standard InChI is InChI=1S/C7H12N4S.ClH/c8-6-1-3-11(4-2-6)7-5-9-12-10-7;/h5-6H,1-4,8H2;1H. The second-order valence-electron chi connectivity index (χ2n) is 3.09. The van der Waals surface area contributed by atoms with Gasteiger partial charge in [-0.2, -0.15) is 8.75 Å². The van der Waals surface area contributed by atoms with E-state index in [1.807, 2.05) is 6.20 Å². The summed E-state index contributed by atoms with van der Waals surface area (Å²) in [6, 6.07) is 0.382. The van der Waals surface area contributed by atoms with Crippen LogP contribution in [-0.4, -0.2) is 27.9 Å². The van der Waals surface area contributed by atoms with Gasteiger partial charge < -0.3 is 10.6 Å². The Morgan fingerprint density at radius 3 is 2.69 bits per heavy atom. The Labute approximate surface area is 87.9 Å². The molecule has 1 aliphatic rings. The summed E-state index contributed by atoms with van der Waals surface area (Å²) in [5.41, 5.74) is 5.79. The lowest BCUT2D eigenvalue weighted by Crippen LogP contribution is -2.39. The molecule has 0 saturated carbocycles. The maximum Gasteiger partial charge on any atom is 0.162 e. The summed E-state index contributed by atoms with van der Waals surface area (Å²) in [6.45, 7) is 2.04. The van der Waals surface area contributed by atoms with Gasteiger partial charge in [0, 0.05) is 19.1 Å². The van der Waals surface area contributed by atoms with E-state index in [0.717, 1.165) is 31.7 Å². The molecule has 4 nitrogen and oxygen atoms in total. The van der Waals surface area contributed by atoms with Gasteiger partial charge in [0.1, 0.15) is 0 Å². The SMILES string of the molecule is Cl.NC1CCN(c2cnsn2)CC1. The lowest BCUT2D eigenvalue weighted by atomic mass is 10.1. The van der Waals surface area contributed by atoms with Crippen molar-refractivity contribution in [2.24, 2.45) is 5.73 Å². The smallest absolute Gasteiger partial charge is 0.162 e. The van der Waals surface area contributed by atoms with E-state index in [1.54, 1.807) is 0 Å². The molecule has 2 N–H and O–H groups in total. The van der Waals surface area contributed by atoms with Crippen LogP contribution < -0.4 is 10.6 Å². The Morgan fingerprint density at radius 1 is 1.46 bits per heavy atom.